The number of methoxy groups -OCH3 is 1. The molecule has 1 saturated heterocycles. The fourth-order valence-electron chi connectivity index (χ4n) is 6.55. The Kier molecular flexibility index (Phi) is 6.41. The third-order valence-corrected chi connectivity index (χ3v) is 7.65. The molecule has 30 heavy (non-hydrogen) atoms. The Bertz CT molecular complexity index is 838. The minimum Gasteiger partial charge on any atom is -0.504 e. The van der Waals surface area contributed by atoms with Crippen molar-refractivity contribution >= 4 is 30.8 Å². The molecule has 9 heteroatoms. The van der Waals surface area contributed by atoms with Gasteiger partial charge < -0.3 is 29.9 Å². The van der Waals surface area contributed by atoms with Crippen LogP contribution in [0.5, 0.6) is 17.2 Å². The first-order chi connectivity index (χ1) is 13.5. The van der Waals surface area contributed by atoms with Gasteiger partial charge in [-0.1, -0.05) is 0 Å². The highest BCUT2D eigenvalue weighted by molar-refractivity contribution is 5.85. The van der Waals surface area contributed by atoms with Crippen molar-refractivity contribution in [3.05, 3.63) is 17.2 Å². The third-order valence-electron chi connectivity index (χ3n) is 7.65. The van der Waals surface area contributed by atoms with Gasteiger partial charge in [-0.3, -0.25) is 4.79 Å². The molecule has 4 aliphatic rings. The molecular weight excluding hydrogens is 431 g/mol. The van der Waals surface area contributed by atoms with Gasteiger partial charge >= 0.3 is 5.97 Å². The number of carboxylic acid groups (broad SMARTS) is 1. The molecule has 5 atom stereocenters. The van der Waals surface area contributed by atoms with E-state index in [1.807, 2.05) is 0 Å². The summed E-state index contributed by atoms with van der Waals surface area (Å²) in [6.45, 7) is 1.43. The average molecular weight is 461 g/mol. The van der Waals surface area contributed by atoms with Gasteiger partial charge in [0.05, 0.1) is 13.5 Å². The number of halogens is 2. The van der Waals surface area contributed by atoms with E-state index in [0.717, 1.165) is 43.5 Å². The van der Waals surface area contributed by atoms with E-state index in [-0.39, 0.29) is 54.5 Å². The molecule has 0 aromatic heterocycles. The first kappa shape index (κ1) is 23.3. The number of carboxylic acids is 1. The summed E-state index contributed by atoms with van der Waals surface area (Å²) < 4.78 is 12.1. The van der Waals surface area contributed by atoms with Gasteiger partial charge in [0.25, 0.3) is 0 Å². The number of nitrogens with zero attached hydrogens (tertiary/aromatic N) is 1. The van der Waals surface area contributed by atoms with Crippen LogP contribution >= 0.6 is 24.8 Å². The maximum atomic E-state index is 11.0. The molecule has 3 N–H and O–H groups in total. The number of phenols is 1. The molecule has 1 aromatic rings. The molecule has 2 aliphatic carbocycles. The van der Waals surface area contributed by atoms with E-state index in [9.17, 15) is 9.90 Å². The first-order valence-electron chi connectivity index (χ1n) is 10.2. The fourth-order valence-corrected chi connectivity index (χ4v) is 6.55. The molecule has 7 nitrogen and oxygen atoms in total. The molecule has 2 fully saturated rings. The quantitative estimate of drug-likeness (QED) is 0.620. The molecule has 1 saturated carbocycles. The second kappa shape index (κ2) is 8.26. The predicted molar refractivity (Wildman–Crippen MR) is 117 cm³/mol. The first-order valence-corrected chi connectivity index (χ1v) is 10.2. The van der Waals surface area contributed by atoms with Crippen molar-refractivity contribution in [3.8, 4) is 17.2 Å². The van der Waals surface area contributed by atoms with E-state index >= 15 is 0 Å². The van der Waals surface area contributed by atoms with Crippen LogP contribution in [0.3, 0.4) is 0 Å². The molecule has 1 aromatic carbocycles. The second-order valence-corrected chi connectivity index (χ2v) is 8.75. The minimum atomic E-state index is -0.795. The number of aliphatic carboxylic acids is 1. The Morgan fingerprint density at radius 1 is 1.40 bits per heavy atom. The molecule has 0 amide bonds. The molecule has 0 unspecified atom stereocenters. The third kappa shape index (κ3) is 3.05. The van der Waals surface area contributed by atoms with E-state index in [4.69, 9.17) is 14.6 Å². The van der Waals surface area contributed by atoms with E-state index in [2.05, 4.69) is 17.3 Å². The summed E-state index contributed by atoms with van der Waals surface area (Å²) in [6.07, 6.45) is 3.96. The number of likely N-dealkylation sites (N-methyl/N-ethyl adjacent to an activating group) is 1. The van der Waals surface area contributed by atoms with Crippen molar-refractivity contribution in [1.29, 1.82) is 0 Å². The average Bonchev–Trinajstić information content (AvgIpc) is 3.02. The molecule has 168 valence electrons. The number of benzene rings is 1. The van der Waals surface area contributed by atoms with Crippen LogP contribution in [-0.2, 0) is 16.6 Å². The van der Waals surface area contributed by atoms with Crippen molar-refractivity contribution in [2.75, 3.05) is 27.2 Å². The maximum Gasteiger partial charge on any atom is 0.304 e. The van der Waals surface area contributed by atoms with Crippen LogP contribution in [0.2, 0.25) is 0 Å². The summed E-state index contributed by atoms with van der Waals surface area (Å²) in [5, 5.41) is 23.1. The van der Waals surface area contributed by atoms with Crippen LogP contribution in [0, 0.1) is 5.92 Å². The van der Waals surface area contributed by atoms with Crippen LogP contribution in [0.15, 0.2) is 6.07 Å². The topological polar surface area (TPSA) is 91.3 Å². The number of hydrogen-bond donors (Lipinski definition) is 3. The lowest BCUT2D eigenvalue weighted by Crippen LogP contribution is -2.68. The van der Waals surface area contributed by atoms with Crippen molar-refractivity contribution in [3.63, 3.8) is 0 Å². The van der Waals surface area contributed by atoms with Gasteiger partial charge in [-0.05, 0) is 45.2 Å². The molecule has 2 heterocycles. The number of ether oxygens (including phenoxy) is 2. The number of likely N-dealkylation sites (tertiary alicyclic amines) is 1. The van der Waals surface area contributed by atoms with E-state index in [0.29, 0.717) is 24.3 Å². The fraction of sp³-hybridized carbons (Fsp3) is 0.667. The van der Waals surface area contributed by atoms with Crippen LogP contribution in [0.4, 0.5) is 0 Å². The molecule has 5 rings (SSSR count). The molecule has 1 spiro atoms. The molecule has 0 radical (unpaired) electrons. The number of piperidine rings is 1. The van der Waals surface area contributed by atoms with Gasteiger partial charge in [0.1, 0.15) is 11.9 Å². The SMILES string of the molecule is COc1cc(O)c2c3c1C[C@@H]1[C@@H]4CC[C@H](NCCC(=O)O)[C@H](O2)[C@]34CCN1C.Cl.Cl. The highest BCUT2D eigenvalue weighted by atomic mass is 35.5. The second-order valence-electron chi connectivity index (χ2n) is 8.75. The normalized spacial score (nSPS) is 32.9. The van der Waals surface area contributed by atoms with Crippen LogP contribution < -0.4 is 14.8 Å². The van der Waals surface area contributed by atoms with Crippen molar-refractivity contribution in [1.82, 2.24) is 10.2 Å². The van der Waals surface area contributed by atoms with Crippen molar-refractivity contribution in [2.24, 2.45) is 5.92 Å². The molecule has 2 bridgehead atoms. The lowest BCUT2D eigenvalue weighted by atomic mass is 9.51. The Balaban J connectivity index is 0.00000128. The number of carbonyl (C=O) groups is 1. The van der Waals surface area contributed by atoms with Gasteiger partial charge in [0.15, 0.2) is 11.5 Å². The number of hydrogen-bond acceptors (Lipinski definition) is 6. The molecule has 2 aliphatic heterocycles. The summed E-state index contributed by atoms with van der Waals surface area (Å²) in [6, 6.07) is 2.21. The predicted octanol–water partition coefficient (Wildman–Crippen LogP) is 2.35. The summed E-state index contributed by atoms with van der Waals surface area (Å²) in [5.41, 5.74) is 2.20. The summed E-state index contributed by atoms with van der Waals surface area (Å²) in [5.74, 6) is 1.21. The zero-order valence-corrected chi connectivity index (χ0v) is 18.9. The molecular formula is C21H30Cl2N2O5. The van der Waals surface area contributed by atoms with E-state index in [1.54, 1.807) is 13.2 Å². The Labute approximate surface area is 188 Å². The van der Waals surface area contributed by atoms with Gasteiger partial charge in [-0.15, -0.1) is 24.8 Å². The summed E-state index contributed by atoms with van der Waals surface area (Å²) >= 11 is 0. The zero-order valence-electron chi connectivity index (χ0n) is 17.2. The monoisotopic (exact) mass is 460 g/mol. The van der Waals surface area contributed by atoms with Gasteiger partial charge in [0, 0.05) is 41.2 Å². The van der Waals surface area contributed by atoms with Gasteiger partial charge in [0.2, 0.25) is 0 Å². The van der Waals surface area contributed by atoms with E-state index in [1.165, 1.54) is 5.56 Å². The minimum absolute atomic E-state index is 0. The van der Waals surface area contributed by atoms with Crippen LogP contribution in [-0.4, -0.2) is 66.5 Å². The Hall–Kier alpha value is -1.41. The van der Waals surface area contributed by atoms with Gasteiger partial charge in [-0.2, -0.15) is 0 Å². The maximum absolute atomic E-state index is 11.0. The Morgan fingerprint density at radius 3 is 2.87 bits per heavy atom. The number of nitrogens with one attached hydrogen (secondary N) is 1. The number of aromatic hydroxyl groups is 1. The van der Waals surface area contributed by atoms with Gasteiger partial charge in [-0.25, -0.2) is 0 Å². The summed E-state index contributed by atoms with van der Waals surface area (Å²) in [4.78, 5) is 13.4. The smallest absolute Gasteiger partial charge is 0.304 e. The number of rotatable bonds is 5. The largest absolute Gasteiger partial charge is 0.504 e. The number of phenolic OH excluding ortho intramolecular Hbond substituents is 1. The zero-order chi connectivity index (χ0) is 19.6. The highest BCUT2D eigenvalue weighted by Gasteiger charge is 2.65. The lowest BCUT2D eigenvalue weighted by Gasteiger charge is -2.59. The highest BCUT2D eigenvalue weighted by Crippen LogP contribution is 2.65. The van der Waals surface area contributed by atoms with Crippen molar-refractivity contribution in [2.45, 2.75) is 55.7 Å². The standard InChI is InChI=1S/C21H28N2O5.2ClH/c1-23-8-6-21-12-3-4-13(22-7-5-17(25)26)20(21)28-19-15(24)10-16(27-2)11(18(19)21)9-14(12)23;;/h10,12-14,20,22,24H,3-9H2,1-2H3,(H,25,26);2*1H/t12-,13-,14+,20-,21-;;/m0../s1. The summed E-state index contributed by atoms with van der Waals surface area (Å²) in [7, 11) is 3.86. The Morgan fingerprint density at radius 2 is 2.17 bits per heavy atom. The van der Waals surface area contributed by atoms with Crippen LogP contribution in [0.1, 0.15) is 36.8 Å². The van der Waals surface area contributed by atoms with Crippen LogP contribution in [0.25, 0.3) is 0 Å². The lowest BCUT2D eigenvalue weighted by molar-refractivity contribution is -0.137. The van der Waals surface area contributed by atoms with E-state index < -0.39 is 5.97 Å². The van der Waals surface area contributed by atoms with Crippen molar-refractivity contribution < 1.29 is 24.5 Å².